The van der Waals surface area contributed by atoms with Crippen LogP contribution in [0.1, 0.15) is 29.3 Å². The molecule has 7 heteroatoms. The molecule has 0 saturated carbocycles. The highest BCUT2D eigenvalue weighted by Crippen LogP contribution is 2.21. The Balaban J connectivity index is 1.54. The predicted molar refractivity (Wildman–Crippen MR) is 121 cm³/mol. The number of amides is 1. The Hall–Kier alpha value is -3.74. The van der Waals surface area contributed by atoms with Crippen LogP contribution in [0.3, 0.4) is 0 Å². The number of carbonyl (C=O) groups is 1. The third-order valence-electron chi connectivity index (χ3n) is 5.47. The third-order valence-corrected chi connectivity index (χ3v) is 5.47. The lowest BCUT2D eigenvalue weighted by Gasteiger charge is -2.15. The van der Waals surface area contributed by atoms with E-state index in [2.05, 4.69) is 16.9 Å². The first-order valence-corrected chi connectivity index (χ1v) is 10.1. The Bertz CT molecular complexity index is 1240. The second-order valence-electron chi connectivity index (χ2n) is 7.82. The van der Waals surface area contributed by atoms with Crippen molar-refractivity contribution in [2.45, 2.75) is 13.3 Å². The number of aliphatic imine (C=N–C) groups is 1. The average molecular weight is 418 g/mol. The SMILES string of the molecule is C[C@H]1CCN(C(=O)c2ccc(N=CC(=CN)c3cc4cc(F)ccc4[nH]c3=O)cc2)C1. The minimum atomic E-state index is -0.393. The number of rotatable bonds is 4. The van der Waals surface area contributed by atoms with Crippen molar-refractivity contribution in [2.75, 3.05) is 13.1 Å². The van der Waals surface area contributed by atoms with Crippen molar-refractivity contribution in [2.24, 2.45) is 16.6 Å². The van der Waals surface area contributed by atoms with Crippen molar-refractivity contribution >= 4 is 34.3 Å². The molecule has 0 aliphatic carbocycles. The number of allylic oxidation sites excluding steroid dienone is 1. The second-order valence-corrected chi connectivity index (χ2v) is 7.82. The smallest absolute Gasteiger partial charge is 0.256 e. The van der Waals surface area contributed by atoms with Gasteiger partial charge in [-0.1, -0.05) is 6.92 Å². The van der Waals surface area contributed by atoms with Crippen molar-refractivity contribution in [1.29, 1.82) is 0 Å². The fourth-order valence-corrected chi connectivity index (χ4v) is 3.73. The molecule has 1 saturated heterocycles. The maximum Gasteiger partial charge on any atom is 0.256 e. The molecular formula is C24H23FN4O2. The fraction of sp³-hybridized carbons (Fsp3) is 0.208. The molecule has 0 unspecified atom stereocenters. The molecule has 1 aliphatic rings. The number of benzene rings is 2. The average Bonchev–Trinajstić information content (AvgIpc) is 3.21. The highest BCUT2D eigenvalue weighted by Gasteiger charge is 2.23. The summed E-state index contributed by atoms with van der Waals surface area (Å²) >= 11 is 0. The van der Waals surface area contributed by atoms with Gasteiger partial charge in [0.25, 0.3) is 11.5 Å². The van der Waals surface area contributed by atoms with Crippen LogP contribution in [0.4, 0.5) is 10.1 Å². The summed E-state index contributed by atoms with van der Waals surface area (Å²) in [5.41, 5.74) is 7.85. The number of H-pyrrole nitrogens is 1. The van der Waals surface area contributed by atoms with Crippen LogP contribution in [0.15, 0.2) is 64.5 Å². The lowest BCUT2D eigenvalue weighted by molar-refractivity contribution is 0.0788. The topological polar surface area (TPSA) is 91.5 Å². The number of nitrogens with two attached hydrogens (primary N) is 1. The zero-order valence-electron chi connectivity index (χ0n) is 17.1. The van der Waals surface area contributed by atoms with E-state index in [0.717, 1.165) is 19.5 Å². The number of hydrogen-bond acceptors (Lipinski definition) is 4. The summed E-state index contributed by atoms with van der Waals surface area (Å²) in [6.45, 7) is 3.72. The molecule has 3 N–H and O–H groups in total. The number of aromatic amines is 1. The molecule has 1 aliphatic heterocycles. The van der Waals surface area contributed by atoms with Gasteiger partial charge in [0, 0.05) is 47.5 Å². The fourth-order valence-electron chi connectivity index (χ4n) is 3.73. The minimum Gasteiger partial charge on any atom is -0.404 e. The van der Waals surface area contributed by atoms with Gasteiger partial charge in [0.1, 0.15) is 5.82 Å². The van der Waals surface area contributed by atoms with Gasteiger partial charge in [-0.05, 0) is 60.9 Å². The summed E-state index contributed by atoms with van der Waals surface area (Å²) in [6.07, 6.45) is 3.79. The molecule has 3 aromatic rings. The van der Waals surface area contributed by atoms with Crippen molar-refractivity contribution in [3.63, 3.8) is 0 Å². The Morgan fingerprint density at radius 2 is 2.00 bits per heavy atom. The van der Waals surface area contributed by atoms with E-state index in [4.69, 9.17) is 5.73 Å². The first-order valence-electron chi connectivity index (χ1n) is 10.1. The molecule has 158 valence electrons. The maximum absolute atomic E-state index is 13.5. The van der Waals surface area contributed by atoms with Gasteiger partial charge in [-0.15, -0.1) is 0 Å². The van der Waals surface area contributed by atoms with Crippen LogP contribution in [-0.2, 0) is 0 Å². The van der Waals surface area contributed by atoms with Crippen LogP contribution in [0.5, 0.6) is 0 Å². The van der Waals surface area contributed by atoms with E-state index in [0.29, 0.717) is 39.2 Å². The second kappa shape index (κ2) is 8.55. The standard InChI is InChI=1S/C24H23FN4O2/c1-15-8-9-29(14-15)24(31)16-2-5-20(6-3-16)27-13-18(12-26)21-11-17-10-19(25)4-7-22(17)28-23(21)30/h2-7,10-13,15H,8-9,14,26H2,1H3,(H,28,30)/t15-/m0/s1. The lowest BCUT2D eigenvalue weighted by Crippen LogP contribution is -2.28. The molecule has 6 nitrogen and oxygen atoms in total. The zero-order chi connectivity index (χ0) is 22.0. The highest BCUT2D eigenvalue weighted by atomic mass is 19.1. The predicted octanol–water partition coefficient (Wildman–Crippen LogP) is 3.85. The monoisotopic (exact) mass is 418 g/mol. The molecule has 4 rings (SSSR count). The number of pyridine rings is 1. The summed E-state index contributed by atoms with van der Waals surface area (Å²) in [4.78, 5) is 34.0. The van der Waals surface area contributed by atoms with Gasteiger partial charge < -0.3 is 15.6 Å². The van der Waals surface area contributed by atoms with E-state index >= 15 is 0 Å². The molecule has 1 fully saturated rings. The molecule has 2 aromatic carbocycles. The molecule has 0 bridgehead atoms. The molecule has 0 radical (unpaired) electrons. The Kier molecular flexibility index (Phi) is 5.66. The first kappa shape index (κ1) is 20.5. The molecule has 1 amide bonds. The summed E-state index contributed by atoms with van der Waals surface area (Å²) in [5.74, 6) is 0.164. The zero-order valence-corrected chi connectivity index (χ0v) is 17.1. The van der Waals surface area contributed by atoms with E-state index in [-0.39, 0.29) is 11.5 Å². The minimum absolute atomic E-state index is 0.0253. The molecule has 1 aromatic heterocycles. The van der Waals surface area contributed by atoms with E-state index in [1.165, 1.54) is 30.6 Å². The molecule has 1 atom stereocenters. The third kappa shape index (κ3) is 4.40. The molecular weight excluding hydrogens is 395 g/mol. The van der Waals surface area contributed by atoms with E-state index in [9.17, 15) is 14.0 Å². The van der Waals surface area contributed by atoms with Gasteiger partial charge in [-0.25, -0.2) is 4.39 Å². The van der Waals surface area contributed by atoms with Crippen molar-refractivity contribution < 1.29 is 9.18 Å². The van der Waals surface area contributed by atoms with Crippen molar-refractivity contribution in [3.8, 4) is 0 Å². The van der Waals surface area contributed by atoms with Crippen LogP contribution in [0.25, 0.3) is 16.5 Å². The van der Waals surface area contributed by atoms with Crippen LogP contribution in [0.2, 0.25) is 0 Å². The number of likely N-dealkylation sites (tertiary alicyclic amines) is 1. The number of nitrogens with one attached hydrogen (secondary N) is 1. The van der Waals surface area contributed by atoms with Crippen LogP contribution < -0.4 is 11.3 Å². The Labute approximate surface area is 178 Å². The summed E-state index contributed by atoms with van der Waals surface area (Å²) in [7, 11) is 0. The van der Waals surface area contributed by atoms with Crippen molar-refractivity contribution in [3.05, 3.63) is 82.0 Å². The first-order chi connectivity index (χ1) is 14.9. The van der Waals surface area contributed by atoms with Crippen LogP contribution in [-0.4, -0.2) is 35.1 Å². The van der Waals surface area contributed by atoms with Crippen LogP contribution in [0, 0.1) is 11.7 Å². The summed E-state index contributed by atoms with van der Waals surface area (Å²) in [5, 5.41) is 0.557. The van der Waals surface area contributed by atoms with Gasteiger partial charge in [-0.3, -0.25) is 14.6 Å². The van der Waals surface area contributed by atoms with E-state index in [1.54, 1.807) is 30.3 Å². The number of halogens is 1. The van der Waals surface area contributed by atoms with Gasteiger partial charge >= 0.3 is 0 Å². The lowest BCUT2D eigenvalue weighted by atomic mass is 10.1. The largest absolute Gasteiger partial charge is 0.404 e. The molecule has 31 heavy (non-hydrogen) atoms. The Morgan fingerprint density at radius 3 is 2.68 bits per heavy atom. The molecule has 2 heterocycles. The highest BCUT2D eigenvalue weighted by molar-refractivity contribution is 6.11. The number of fused-ring (bicyclic) bond motifs is 1. The van der Waals surface area contributed by atoms with Gasteiger partial charge in [0.05, 0.1) is 11.3 Å². The Morgan fingerprint density at radius 1 is 1.23 bits per heavy atom. The quantitative estimate of drug-likeness (QED) is 0.631. The van der Waals surface area contributed by atoms with Gasteiger partial charge in [-0.2, -0.15) is 0 Å². The van der Waals surface area contributed by atoms with Crippen molar-refractivity contribution in [1.82, 2.24) is 9.88 Å². The summed E-state index contributed by atoms with van der Waals surface area (Å²) in [6, 6.07) is 12.7. The molecule has 0 spiro atoms. The number of aromatic nitrogens is 1. The van der Waals surface area contributed by atoms with Gasteiger partial charge in [0.2, 0.25) is 0 Å². The van der Waals surface area contributed by atoms with Crippen LogP contribution >= 0.6 is 0 Å². The number of nitrogens with zero attached hydrogens (tertiary/aromatic N) is 2. The number of hydrogen-bond donors (Lipinski definition) is 2. The van der Waals surface area contributed by atoms with E-state index in [1.807, 2.05) is 4.90 Å². The normalized spacial score (nSPS) is 17.0. The van der Waals surface area contributed by atoms with E-state index < -0.39 is 5.82 Å². The summed E-state index contributed by atoms with van der Waals surface area (Å²) < 4.78 is 13.5. The number of carbonyl (C=O) groups excluding carboxylic acids is 1. The van der Waals surface area contributed by atoms with Gasteiger partial charge in [0.15, 0.2) is 0 Å². The maximum atomic E-state index is 13.5.